The third-order valence-electron chi connectivity index (χ3n) is 3.77. The first-order valence-corrected chi connectivity index (χ1v) is 7.98. The molecule has 0 aliphatic rings. The van der Waals surface area contributed by atoms with E-state index in [9.17, 15) is 9.90 Å². The summed E-state index contributed by atoms with van der Waals surface area (Å²) in [7, 11) is 1.63. The predicted octanol–water partition coefficient (Wildman–Crippen LogP) is 3.70. The number of halogens is 1. The molecule has 0 heterocycles. The molecule has 0 fully saturated rings. The summed E-state index contributed by atoms with van der Waals surface area (Å²) in [6.45, 7) is -0.00160. The maximum Gasteiger partial charge on any atom is 0.137 e. The van der Waals surface area contributed by atoms with E-state index in [1.807, 2.05) is 36.4 Å². The summed E-state index contributed by atoms with van der Waals surface area (Å²) in [6.07, 6.45) is 1.41. The van der Waals surface area contributed by atoms with Crippen LogP contribution in [0.2, 0.25) is 5.02 Å². The first kappa shape index (κ1) is 17.5. The van der Waals surface area contributed by atoms with Gasteiger partial charge in [-0.1, -0.05) is 35.9 Å². The summed E-state index contributed by atoms with van der Waals surface area (Å²) in [6, 6.07) is 15.0. The Morgan fingerprint density at radius 1 is 1.09 bits per heavy atom. The minimum atomic E-state index is -0.0665. The molecule has 2 rings (SSSR count). The Hall–Kier alpha value is -1.84. The number of carbonyl (C=O) groups excluding carboxylic acids is 1. The van der Waals surface area contributed by atoms with Crippen LogP contribution in [-0.4, -0.2) is 24.6 Å². The molecule has 0 bridgehead atoms. The molecule has 1 N–H and O–H groups in total. The fourth-order valence-corrected chi connectivity index (χ4v) is 2.65. The van der Waals surface area contributed by atoms with Crippen LogP contribution < -0.4 is 4.74 Å². The van der Waals surface area contributed by atoms with E-state index in [0.29, 0.717) is 24.3 Å². The van der Waals surface area contributed by atoms with E-state index in [1.165, 1.54) is 0 Å². The Bertz CT molecular complexity index is 620. The fraction of sp³-hybridized carbons (Fsp3) is 0.316. The Morgan fingerprint density at radius 2 is 1.70 bits per heavy atom. The van der Waals surface area contributed by atoms with E-state index in [-0.39, 0.29) is 18.3 Å². The Kier molecular flexibility index (Phi) is 6.63. The van der Waals surface area contributed by atoms with Gasteiger partial charge >= 0.3 is 0 Å². The van der Waals surface area contributed by atoms with E-state index in [2.05, 4.69) is 0 Å². The maximum absolute atomic E-state index is 12.2. The maximum atomic E-state index is 12.2. The van der Waals surface area contributed by atoms with Gasteiger partial charge in [0.1, 0.15) is 11.5 Å². The van der Waals surface area contributed by atoms with Crippen molar-refractivity contribution >= 4 is 17.4 Å². The van der Waals surface area contributed by atoms with Crippen molar-refractivity contribution in [3.8, 4) is 5.75 Å². The zero-order chi connectivity index (χ0) is 16.7. The first-order valence-electron chi connectivity index (χ1n) is 7.60. The molecule has 0 aliphatic carbocycles. The molecular formula is C19H21ClO3. The number of ether oxygens (including phenoxy) is 1. The summed E-state index contributed by atoms with van der Waals surface area (Å²) in [4.78, 5) is 12.2. The highest BCUT2D eigenvalue weighted by Crippen LogP contribution is 2.18. The van der Waals surface area contributed by atoms with Gasteiger partial charge in [0.05, 0.1) is 7.11 Å². The van der Waals surface area contributed by atoms with E-state index in [0.717, 1.165) is 16.9 Å². The molecule has 0 spiro atoms. The molecule has 0 aromatic heterocycles. The highest BCUT2D eigenvalue weighted by Gasteiger charge is 2.14. The zero-order valence-corrected chi connectivity index (χ0v) is 13.9. The van der Waals surface area contributed by atoms with Crippen molar-refractivity contribution in [2.24, 2.45) is 5.92 Å². The Balaban J connectivity index is 1.89. The fourth-order valence-electron chi connectivity index (χ4n) is 2.52. The van der Waals surface area contributed by atoms with Gasteiger partial charge in [0, 0.05) is 24.5 Å². The third-order valence-corrected chi connectivity index (χ3v) is 4.02. The van der Waals surface area contributed by atoms with Gasteiger partial charge in [-0.3, -0.25) is 4.79 Å². The van der Waals surface area contributed by atoms with E-state index < -0.39 is 0 Å². The molecule has 0 radical (unpaired) electrons. The van der Waals surface area contributed by atoms with Gasteiger partial charge in [0.2, 0.25) is 0 Å². The summed E-state index contributed by atoms with van der Waals surface area (Å²) in [5.41, 5.74) is 2.03. The second kappa shape index (κ2) is 8.70. The van der Waals surface area contributed by atoms with Crippen LogP contribution in [0.1, 0.15) is 17.5 Å². The van der Waals surface area contributed by atoms with Crippen LogP contribution in [0.15, 0.2) is 48.5 Å². The normalized spacial score (nSPS) is 12.0. The smallest absolute Gasteiger partial charge is 0.137 e. The first-order chi connectivity index (χ1) is 11.1. The van der Waals surface area contributed by atoms with Gasteiger partial charge < -0.3 is 9.84 Å². The number of hydrogen-bond donors (Lipinski definition) is 1. The molecule has 0 saturated carbocycles. The van der Waals surface area contributed by atoms with Gasteiger partial charge in [-0.15, -0.1) is 0 Å². The van der Waals surface area contributed by atoms with Crippen LogP contribution in [0.3, 0.4) is 0 Å². The van der Waals surface area contributed by atoms with Gasteiger partial charge in [-0.25, -0.2) is 0 Å². The number of aliphatic hydroxyl groups is 1. The quantitative estimate of drug-likeness (QED) is 0.801. The van der Waals surface area contributed by atoms with Gasteiger partial charge in [-0.05, 0) is 47.7 Å². The Labute approximate surface area is 141 Å². The molecule has 23 heavy (non-hydrogen) atoms. The topological polar surface area (TPSA) is 46.5 Å². The lowest BCUT2D eigenvalue weighted by Crippen LogP contribution is -2.16. The molecule has 0 aliphatic heterocycles. The van der Waals surface area contributed by atoms with Crippen LogP contribution in [0, 0.1) is 5.92 Å². The van der Waals surface area contributed by atoms with Crippen molar-refractivity contribution in [2.45, 2.75) is 19.3 Å². The van der Waals surface area contributed by atoms with Crippen molar-refractivity contribution in [3.63, 3.8) is 0 Å². The van der Waals surface area contributed by atoms with Crippen molar-refractivity contribution in [3.05, 3.63) is 64.7 Å². The van der Waals surface area contributed by atoms with Crippen LogP contribution in [0.4, 0.5) is 0 Å². The lowest BCUT2D eigenvalue weighted by Gasteiger charge is -2.14. The number of ketones is 1. The monoisotopic (exact) mass is 332 g/mol. The molecule has 2 aromatic rings. The van der Waals surface area contributed by atoms with E-state index in [4.69, 9.17) is 16.3 Å². The molecule has 3 nitrogen and oxygen atoms in total. The number of rotatable bonds is 8. The average Bonchev–Trinajstić information content (AvgIpc) is 2.57. The number of Topliss-reactive ketones (excluding diaryl/α,β-unsaturated/α-hetero) is 1. The summed E-state index contributed by atoms with van der Waals surface area (Å²) in [5.74, 6) is 0.858. The lowest BCUT2D eigenvalue weighted by molar-refractivity contribution is -0.119. The number of benzene rings is 2. The van der Waals surface area contributed by atoms with E-state index >= 15 is 0 Å². The number of carbonyl (C=O) groups is 1. The summed E-state index contributed by atoms with van der Waals surface area (Å²) < 4.78 is 5.13. The largest absolute Gasteiger partial charge is 0.497 e. The summed E-state index contributed by atoms with van der Waals surface area (Å²) in [5, 5.41) is 10.2. The van der Waals surface area contributed by atoms with Gasteiger partial charge in [-0.2, -0.15) is 0 Å². The van der Waals surface area contributed by atoms with Crippen molar-refractivity contribution in [1.82, 2.24) is 0 Å². The zero-order valence-electron chi connectivity index (χ0n) is 13.2. The highest BCUT2D eigenvalue weighted by atomic mass is 35.5. The highest BCUT2D eigenvalue weighted by molar-refractivity contribution is 6.30. The van der Waals surface area contributed by atoms with Crippen molar-refractivity contribution < 1.29 is 14.6 Å². The minimum Gasteiger partial charge on any atom is -0.497 e. The molecular weight excluding hydrogens is 312 g/mol. The van der Waals surface area contributed by atoms with Crippen molar-refractivity contribution in [2.75, 3.05) is 13.7 Å². The van der Waals surface area contributed by atoms with Crippen LogP contribution in [0.5, 0.6) is 5.75 Å². The van der Waals surface area contributed by atoms with Gasteiger partial charge in [0.15, 0.2) is 0 Å². The molecule has 2 aromatic carbocycles. The number of methoxy groups -OCH3 is 1. The number of aliphatic hydroxyl groups excluding tert-OH is 1. The minimum absolute atomic E-state index is 0.00160. The summed E-state index contributed by atoms with van der Waals surface area (Å²) >= 11 is 5.84. The van der Waals surface area contributed by atoms with Crippen LogP contribution in [0.25, 0.3) is 0 Å². The average molecular weight is 333 g/mol. The predicted molar refractivity (Wildman–Crippen MR) is 92.1 cm³/mol. The van der Waals surface area contributed by atoms with Gasteiger partial charge in [0.25, 0.3) is 0 Å². The molecule has 0 unspecified atom stereocenters. The van der Waals surface area contributed by atoms with Crippen LogP contribution in [-0.2, 0) is 17.6 Å². The number of hydrogen-bond acceptors (Lipinski definition) is 3. The third kappa shape index (κ3) is 5.70. The molecule has 1 atom stereocenters. The SMILES string of the molecule is COc1ccc(C[C@H](CO)CC(=O)Cc2ccc(Cl)cc2)cc1. The second-order valence-corrected chi connectivity index (χ2v) is 6.08. The molecule has 122 valence electrons. The standard InChI is InChI=1S/C19H21ClO3/c1-23-19-8-4-14(5-9-19)10-16(13-21)12-18(22)11-15-2-6-17(20)7-3-15/h2-9,16,21H,10-13H2,1H3/t16-/m0/s1. The second-order valence-electron chi connectivity index (χ2n) is 5.65. The lowest BCUT2D eigenvalue weighted by atomic mass is 9.93. The molecule has 0 amide bonds. The van der Waals surface area contributed by atoms with Crippen LogP contribution >= 0.6 is 11.6 Å². The molecule has 4 heteroatoms. The van der Waals surface area contributed by atoms with Crippen molar-refractivity contribution in [1.29, 1.82) is 0 Å². The molecule has 0 saturated heterocycles. The van der Waals surface area contributed by atoms with E-state index in [1.54, 1.807) is 19.2 Å². The Morgan fingerprint density at radius 3 is 2.26 bits per heavy atom.